The van der Waals surface area contributed by atoms with E-state index in [1.54, 1.807) is 18.2 Å². The summed E-state index contributed by atoms with van der Waals surface area (Å²) in [7, 11) is 1.36. The molecule has 0 aromatic heterocycles. The van der Waals surface area contributed by atoms with E-state index in [1.165, 1.54) is 7.11 Å². The van der Waals surface area contributed by atoms with Gasteiger partial charge < -0.3 is 20.5 Å². The number of hydrogen-bond acceptors (Lipinski definition) is 5. The molecule has 1 unspecified atom stereocenters. The molecule has 1 aliphatic rings. The van der Waals surface area contributed by atoms with E-state index in [1.807, 2.05) is 0 Å². The van der Waals surface area contributed by atoms with Crippen LogP contribution in [-0.2, 0) is 9.47 Å². The Labute approximate surface area is 113 Å². The maximum absolute atomic E-state index is 11.8. The highest BCUT2D eigenvalue weighted by Gasteiger charge is 2.29. The third-order valence-electron chi connectivity index (χ3n) is 3.37. The molecule has 104 valence electrons. The van der Waals surface area contributed by atoms with Gasteiger partial charge in [0.1, 0.15) is 0 Å². The summed E-state index contributed by atoms with van der Waals surface area (Å²) >= 11 is 0. The lowest BCUT2D eigenvalue weighted by molar-refractivity contribution is 0.0535. The lowest BCUT2D eigenvalue weighted by Gasteiger charge is -2.36. The zero-order valence-corrected chi connectivity index (χ0v) is 11.4. The van der Waals surface area contributed by atoms with Crippen LogP contribution in [-0.4, -0.2) is 31.8 Å². The lowest BCUT2D eigenvalue weighted by Crippen LogP contribution is -2.43. The molecule has 1 saturated heterocycles. The topological polar surface area (TPSA) is 73.6 Å². The number of rotatable bonds is 3. The predicted octanol–water partition coefficient (Wildman–Crippen LogP) is 2.04. The predicted molar refractivity (Wildman–Crippen MR) is 74.3 cm³/mol. The smallest absolute Gasteiger partial charge is 0.340 e. The molecule has 1 fully saturated rings. The van der Waals surface area contributed by atoms with Gasteiger partial charge >= 0.3 is 5.97 Å². The average molecular weight is 264 g/mol. The van der Waals surface area contributed by atoms with Crippen LogP contribution in [0.3, 0.4) is 0 Å². The van der Waals surface area contributed by atoms with Crippen molar-refractivity contribution in [3.63, 3.8) is 0 Å². The van der Waals surface area contributed by atoms with Gasteiger partial charge in [-0.3, -0.25) is 0 Å². The number of carbonyl (C=O) groups is 1. The van der Waals surface area contributed by atoms with E-state index in [0.717, 1.165) is 19.4 Å². The summed E-state index contributed by atoms with van der Waals surface area (Å²) in [6, 6.07) is 5.21. The molecular weight excluding hydrogens is 244 g/mol. The Morgan fingerprint density at radius 2 is 2.32 bits per heavy atom. The van der Waals surface area contributed by atoms with Crippen molar-refractivity contribution in [3.05, 3.63) is 23.8 Å². The molecule has 0 spiro atoms. The molecule has 1 aromatic carbocycles. The summed E-state index contributed by atoms with van der Waals surface area (Å²) in [5.41, 5.74) is 7.38. The molecule has 5 heteroatoms. The minimum absolute atomic E-state index is 0.212. The van der Waals surface area contributed by atoms with Gasteiger partial charge in [0.2, 0.25) is 0 Å². The van der Waals surface area contributed by atoms with Gasteiger partial charge in [0.05, 0.1) is 36.2 Å². The molecular formula is C14H20N2O3. The monoisotopic (exact) mass is 264 g/mol. The molecule has 0 saturated carbocycles. The van der Waals surface area contributed by atoms with Crippen molar-refractivity contribution >= 4 is 17.3 Å². The van der Waals surface area contributed by atoms with Crippen LogP contribution in [0.5, 0.6) is 0 Å². The largest absolute Gasteiger partial charge is 0.465 e. The third-order valence-corrected chi connectivity index (χ3v) is 3.37. The van der Waals surface area contributed by atoms with Crippen LogP contribution in [0, 0.1) is 0 Å². The van der Waals surface area contributed by atoms with Crippen LogP contribution in [0.4, 0.5) is 11.4 Å². The zero-order valence-electron chi connectivity index (χ0n) is 11.4. The quantitative estimate of drug-likeness (QED) is 0.645. The first kappa shape index (κ1) is 13.7. The highest BCUT2D eigenvalue weighted by Crippen LogP contribution is 2.30. The first-order valence-corrected chi connectivity index (χ1v) is 6.38. The summed E-state index contributed by atoms with van der Waals surface area (Å²) in [4.78, 5) is 11.8. The average Bonchev–Trinajstić information content (AvgIpc) is 2.41. The van der Waals surface area contributed by atoms with Crippen molar-refractivity contribution in [1.29, 1.82) is 0 Å². The minimum atomic E-state index is -0.393. The maximum atomic E-state index is 11.8. The van der Waals surface area contributed by atoms with Gasteiger partial charge in [-0.05, 0) is 31.9 Å². The number of ether oxygens (including phenoxy) is 2. The normalized spacial score (nSPS) is 22.8. The fourth-order valence-corrected chi connectivity index (χ4v) is 2.32. The molecule has 5 nitrogen and oxygen atoms in total. The van der Waals surface area contributed by atoms with Gasteiger partial charge in [-0.1, -0.05) is 6.07 Å². The highest BCUT2D eigenvalue weighted by atomic mass is 16.5. The van der Waals surface area contributed by atoms with Crippen LogP contribution >= 0.6 is 0 Å². The van der Waals surface area contributed by atoms with Crippen LogP contribution in [0.15, 0.2) is 18.2 Å². The van der Waals surface area contributed by atoms with E-state index in [9.17, 15) is 4.79 Å². The second-order valence-corrected chi connectivity index (χ2v) is 5.10. The molecule has 19 heavy (non-hydrogen) atoms. The minimum Gasteiger partial charge on any atom is -0.465 e. The molecule has 0 radical (unpaired) electrons. The fraction of sp³-hybridized carbons (Fsp3) is 0.500. The number of hydrogen-bond donors (Lipinski definition) is 2. The van der Waals surface area contributed by atoms with Crippen molar-refractivity contribution in [2.24, 2.45) is 0 Å². The Kier molecular flexibility index (Phi) is 3.95. The molecule has 0 amide bonds. The second kappa shape index (κ2) is 5.48. The lowest BCUT2D eigenvalue weighted by atomic mass is 9.93. The van der Waals surface area contributed by atoms with Gasteiger partial charge in [0.25, 0.3) is 0 Å². The zero-order chi connectivity index (χ0) is 13.9. The summed E-state index contributed by atoms with van der Waals surface area (Å²) < 4.78 is 10.3. The number of esters is 1. The number of benzene rings is 1. The summed E-state index contributed by atoms with van der Waals surface area (Å²) in [5, 5.41) is 3.36. The molecule has 0 bridgehead atoms. The van der Waals surface area contributed by atoms with Crippen LogP contribution in [0.25, 0.3) is 0 Å². The van der Waals surface area contributed by atoms with E-state index in [-0.39, 0.29) is 5.54 Å². The summed E-state index contributed by atoms with van der Waals surface area (Å²) in [6.07, 6.45) is 1.96. The fourth-order valence-electron chi connectivity index (χ4n) is 2.32. The Morgan fingerprint density at radius 1 is 1.53 bits per heavy atom. The SMILES string of the molecule is COC(=O)c1cccc(N)c1NC1(C)CCCOC1. The molecule has 1 atom stereocenters. The summed E-state index contributed by atoms with van der Waals surface area (Å²) in [6.45, 7) is 3.45. The van der Waals surface area contributed by atoms with Crippen molar-refractivity contribution in [3.8, 4) is 0 Å². The van der Waals surface area contributed by atoms with Gasteiger partial charge in [-0.25, -0.2) is 4.79 Å². The van der Waals surface area contributed by atoms with E-state index in [0.29, 0.717) is 23.5 Å². The van der Waals surface area contributed by atoms with Crippen LogP contribution in [0.1, 0.15) is 30.1 Å². The van der Waals surface area contributed by atoms with Crippen molar-refractivity contribution in [2.75, 3.05) is 31.4 Å². The van der Waals surface area contributed by atoms with E-state index in [4.69, 9.17) is 15.2 Å². The molecule has 1 heterocycles. The molecule has 3 N–H and O–H groups in total. The number of methoxy groups -OCH3 is 1. The first-order valence-electron chi connectivity index (χ1n) is 6.38. The molecule has 1 aliphatic heterocycles. The Bertz CT molecular complexity index is 468. The number of nitrogens with two attached hydrogens (primary N) is 1. The number of para-hydroxylation sites is 1. The Hall–Kier alpha value is -1.75. The standard InChI is InChI=1S/C14H20N2O3/c1-14(7-4-8-19-9-14)16-12-10(13(17)18-2)5-3-6-11(12)15/h3,5-6,16H,4,7-9,15H2,1-2H3. The summed E-state index contributed by atoms with van der Waals surface area (Å²) in [5.74, 6) is -0.393. The van der Waals surface area contributed by atoms with Gasteiger partial charge in [-0.15, -0.1) is 0 Å². The van der Waals surface area contributed by atoms with Crippen molar-refractivity contribution < 1.29 is 14.3 Å². The number of nitrogen functional groups attached to an aromatic ring is 1. The molecule has 2 rings (SSSR count). The van der Waals surface area contributed by atoms with E-state index < -0.39 is 5.97 Å². The van der Waals surface area contributed by atoms with Crippen LogP contribution in [0.2, 0.25) is 0 Å². The first-order chi connectivity index (χ1) is 9.06. The number of carbonyl (C=O) groups excluding carboxylic acids is 1. The molecule has 1 aromatic rings. The number of nitrogens with one attached hydrogen (secondary N) is 1. The maximum Gasteiger partial charge on any atom is 0.340 e. The Morgan fingerprint density at radius 3 is 2.95 bits per heavy atom. The molecule has 0 aliphatic carbocycles. The second-order valence-electron chi connectivity index (χ2n) is 5.10. The van der Waals surface area contributed by atoms with E-state index in [2.05, 4.69) is 12.2 Å². The number of anilines is 2. The van der Waals surface area contributed by atoms with Gasteiger partial charge in [0.15, 0.2) is 0 Å². The third kappa shape index (κ3) is 2.98. The van der Waals surface area contributed by atoms with Crippen molar-refractivity contribution in [2.45, 2.75) is 25.3 Å². The van der Waals surface area contributed by atoms with Crippen molar-refractivity contribution in [1.82, 2.24) is 0 Å². The van der Waals surface area contributed by atoms with Gasteiger partial charge in [-0.2, -0.15) is 0 Å². The van der Waals surface area contributed by atoms with E-state index >= 15 is 0 Å². The van der Waals surface area contributed by atoms with Crippen LogP contribution < -0.4 is 11.1 Å². The highest BCUT2D eigenvalue weighted by molar-refractivity contribution is 5.98. The van der Waals surface area contributed by atoms with Gasteiger partial charge in [0, 0.05) is 6.61 Å². The Balaban J connectivity index is 2.30.